The molecule has 4 aliphatic rings. The standard InChI is InChI=1S/C59H48N12O3/c1-34-46-13-11-43-52(48-17-19-62-32-66-48)68-70(56(43)58(46,2)25-41(27-60)54(34)73)51-16-10-39(30-65-51)40-22-35(21-36(23-40)31-72)24-45-47-14-12-44-53(49-18-20-63-33-67-49)69-71(57(44)59(47,3)26-42(28-61)55(45)74)50-15-9-38(29-64-50)37-7-5-4-6-8-37/h4-10,15-23,25-26,29-30,32-34,45-47,72H,11-14,24,31H2,1-3H3/t34-,45-,46-,47-,58-,59-/m1/s1. The second-order valence-corrected chi connectivity index (χ2v) is 20.3. The minimum atomic E-state index is -0.820. The second kappa shape index (κ2) is 18.0. The lowest BCUT2D eigenvalue weighted by atomic mass is 9.56. The average molecular weight is 973 g/mol. The SMILES string of the molecule is C[C@H]1C(=O)C(C#N)=C[C@@]2(C)c3c(c(-c4ccncn4)nn3-c3ccc(-c4cc(CO)cc(C[C@H]5C(=O)C(C#N)=C[C@@]6(C)c7c(c(-c8ccncn8)nn7-c7ccc(-c8ccccc8)cn7)CC[C@H]56)c4)cn3)CC[C@H]12. The Labute approximate surface area is 426 Å². The van der Waals surface area contributed by atoms with E-state index in [1.165, 1.54) is 12.7 Å². The molecule has 362 valence electrons. The number of hydrogen-bond acceptors (Lipinski definition) is 13. The summed E-state index contributed by atoms with van der Waals surface area (Å²) >= 11 is 0. The molecule has 0 bridgehead atoms. The second-order valence-electron chi connectivity index (χ2n) is 20.3. The molecule has 6 atom stereocenters. The van der Waals surface area contributed by atoms with E-state index in [9.17, 15) is 25.2 Å². The maximum Gasteiger partial charge on any atom is 0.176 e. The zero-order valence-corrected chi connectivity index (χ0v) is 40.9. The minimum Gasteiger partial charge on any atom is -0.392 e. The van der Waals surface area contributed by atoms with Crippen LogP contribution >= 0.6 is 0 Å². The fourth-order valence-corrected chi connectivity index (χ4v) is 12.7. The third-order valence-corrected chi connectivity index (χ3v) is 16.1. The molecular formula is C59H48N12O3. The van der Waals surface area contributed by atoms with Gasteiger partial charge in [-0.15, -0.1) is 0 Å². The molecule has 1 N–H and O–H groups in total. The number of hydrogen-bond donors (Lipinski definition) is 1. The van der Waals surface area contributed by atoms with Gasteiger partial charge in [-0.1, -0.05) is 75.4 Å². The summed E-state index contributed by atoms with van der Waals surface area (Å²) in [5, 5.41) is 41.8. The van der Waals surface area contributed by atoms with Crippen molar-refractivity contribution in [3.05, 3.63) is 179 Å². The molecule has 15 nitrogen and oxygen atoms in total. The van der Waals surface area contributed by atoms with Gasteiger partial charge in [0.2, 0.25) is 0 Å². The van der Waals surface area contributed by atoms with E-state index in [-0.39, 0.29) is 47.1 Å². The summed E-state index contributed by atoms with van der Waals surface area (Å²) < 4.78 is 3.71. The van der Waals surface area contributed by atoms with E-state index >= 15 is 0 Å². The lowest BCUT2D eigenvalue weighted by Gasteiger charge is -2.46. The highest BCUT2D eigenvalue weighted by Crippen LogP contribution is 2.54. The number of nitrogens with zero attached hydrogens (tertiary/aromatic N) is 12. The molecule has 6 aromatic heterocycles. The first-order valence-corrected chi connectivity index (χ1v) is 24.9. The number of aromatic nitrogens is 10. The number of aliphatic hydroxyl groups is 1. The molecule has 0 spiro atoms. The van der Waals surface area contributed by atoms with Crippen LogP contribution in [0.2, 0.25) is 0 Å². The summed E-state index contributed by atoms with van der Waals surface area (Å²) in [6.45, 7) is 5.88. The Hall–Kier alpha value is -8.92. The maximum atomic E-state index is 14.6. The molecule has 2 aromatic carbocycles. The van der Waals surface area contributed by atoms with Crippen LogP contribution in [0.1, 0.15) is 67.3 Å². The summed E-state index contributed by atoms with van der Waals surface area (Å²) in [7, 11) is 0. The summed E-state index contributed by atoms with van der Waals surface area (Å²) in [5.74, 6) is -0.415. The lowest BCUT2D eigenvalue weighted by Crippen LogP contribution is -2.48. The summed E-state index contributed by atoms with van der Waals surface area (Å²) in [6, 6.07) is 31.9. The van der Waals surface area contributed by atoms with Crippen molar-refractivity contribution in [1.82, 2.24) is 49.5 Å². The van der Waals surface area contributed by atoms with Gasteiger partial charge in [0.25, 0.3) is 0 Å². The number of carbonyl (C=O) groups excluding carboxylic acids is 2. The van der Waals surface area contributed by atoms with Gasteiger partial charge < -0.3 is 5.11 Å². The lowest BCUT2D eigenvalue weighted by molar-refractivity contribution is -0.122. The third-order valence-electron chi connectivity index (χ3n) is 16.1. The molecule has 0 amide bonds. The topological polar surface area (TPSA) is 215 Å². The average Bonchev–Trinajstić information content (AvgIpc) is 4.05. The van der Waals surface area contributed by atoms with E-state index < -0.39 is 16.7 Å². The van der Waals surface area contributed by atoms with Gasteiger partial charge in [0.15, 0.2) is 23.2 Å². The van der Waals surface area contributed by atoms with Gasteiger partial charge in [0.1, 0.15) is 36.2 Å². The van der Waals surface area contributed by atoms with Crippen molar-refractivity contribution < 1.29 is 14.7 Å². The number of rotatable bonds is 9. The number of aliphatic hydroxyl groups excluding tert-OH is 1. The van der Waals surface area contributed by atoms with Crippen LogP contribution in [0.15, 0.2) is 146 Å². The molecule has 74 heavy (non-hydrogen) atoms. The van der Waals surface area contributed by atoms with E-state index in [1.807, 2.05) is 120 Å². The minimum absolute atomic E-state index is 0.0601. The number of Topliss-reactive ketones (excluding diaryl/α,β-unsaturated/α-hetero) is 2. The molecule has 0 unspecified atom stereocenters. The fraction of sp³-hybridized carbons (Fsp3) is 0.254. The van der Waals surface area contributed by atoms with Crippen LogP contribution in [0.3, 0.4) is 0 Å². The van der Waals surface area contributed by atoms with Crippen molar-refractivity contribution in [1.29, 1.82) is 10.5 Å². The number of fused-ring (bicyclic) bond motifs is 6. The molecule has 8 aromatic rings. The summed E-state index contributed by atoms with van der Waals surface area (Å²) in [4.78, 5) is 55.4. The van der Waals surface area contributed by atoms with Crippen LogP contribution in [-0.4, -0.2) is 66.1 Å². The van der Waals surface area contributed by atoms with Crippen LogP contribution in [0.25, 0.3) is 56.7 Å². The molecule has 0 radical (unpaired) electrons. The first-order chi connectivity index (χ1) is 36.0. The molecule has 0 saturated carbocycles. The first kappa shape index (κ1) is 46.2. The van der Waals surface area contributed by atoms with E-state index in [1.54, 1.807) is 18.6 Å². The van der Waals surface area contributed by atoms with Gasteiger partial charge in [-0.25, -0.2) is 39.3 Å². The largest absolute Gasteiger partial charge is 0.392 e. The highest BCUT2D eigenvalue weighted by Gasteiger charge is 2.53. The van der Waals surface area contributed by atoms with Crippen molar-refractivity contribution in [2.75, 3.05) is 0 Å². The van der Waals surface area contributed by atoms with Gasteiger partial charge >= 0.3 is 0 Å². The van der Waals surface area contributed by atoms with Gasteiger partial charge in [-0.05, 0) is 109 Å². The molecular weight excluding hydrogens is 925 g/mol. The van der Waals surface area contributed by atoms with E-state index in [4.69, 9.17) is 20.2 Å². The fourth-order valence-electron chi connectivity index (χ4n) is 12.7. The van der Waals surface area contributed by atoms with Crippen molar-refractivity contribution in [3.63, 3.8) is 0 Å². The van der Waals surface area contributed by atoms with Crippen molar-refractivity contribution in [3.8, 4) is 68.8 Å². The van der Waals surface area contributed by atoms with Crippen molar-refractivity contribution in [2.45, 2.75) is 70.3 Å². The van der Waals surface area contributed by atoms with Crippen LogP contribution in [0.5, 0.6) is 0 Å². The predicted octanol–water partition coefficient (Wildman–Crippen LogP) is 8.79. The third kappa shape index (κ3) is 7.41. The van der Waals surface area contributed by atoms with Crippen LogP contribution in [0.4, 0.5) is 0 Å². The number of carbonyl (C=O) groups is 2. The Morgan fingerprint density at radius 2 is 1.18 bits per heavy atom. The van der Waals surface area contributed by atoms with Gasteiger partial charge in [0, 0.05) is 69.7 Å². The van der Waals surface area contributed by atoms with Crippen LogP contribution < -0.4 is 0 Å². The molecule has 0 fully saturated rings. The smallest absolute Gasteiger partial charge is 0.176 e. The maximum absolute atomic E-state index is 14.6. The Morgan fingerprint density at radius 1 is 0.635 bits per heavy atom. The normalized spacial score (nSPS) is 22.8. The Bertz CT molecular complexity index is 3700. The quantitative estimate of drug-likeness (QED) is 0.143. The molecule has 15 heteroatoms. The van der Waals surface area contributed by atoms with E-state index in [2.05, 4.69) is 45.9 Å². The summed E-state index contributed by atoms with van der Waals surface area (Å²) in [6.07, 6.45) is 16.7. The number of ketones is 2. The first-order valence-electron chi connectivity index (χ1n) is 24.9. The highest BCUT2D eigenvalue weighted by atomic mass is 16.3. The van der Waals surface area contributed by atoms with Gasteiger partial charge in [0.05, 0.1) is 40.5 Å². The number of pyridine rings is 2. The molecule has 0 aliphatic heterocycles. The molecule has 6 heterocycles. The van der Waals surface area contributed by atoms with Crippen molar-refractivity contribution in [2.24, 2.45) is 23.7 Å². The summed E-state index contributed by atoms with van der Waals surface area (Å²) in [5.41, 5.74) is 10.3. The van der Waals surface area contributed by atoms with Crippen LogP contribution in [-0.2, 0) is 46.3 Å². The zero-order valence-electron chi connectivity index (χ0n) is 40.9. The number of benzene rings is 2. The zero-order chi connectivity index (χ0) is 50.9. The highest BCUT2D eigenvalue weighted by molar-refractivity contribution is 6.03. The van der Waals surface area contributed by atoms with Gasteiger partial charge in [-0.2, -0.15) is 20.7 Å². The van der Waals surface area contributed by atoms with Gasteiger partial charge in [-0.3, -0.25) is 9.59 Å². The van der Waals surface area contributed by atoms with Crippen LogP contribution in [0, 0.1) is 46.3 Å². The Balaban J connectivity index is 0.911. The Kier molecular flexibility index (Phi) is 11.2. The number of nitriles is 2. The Morgan fingerprint density at radius 3 is 1.70 bits per heavy atom. The molecule has 0 saturated heterocycles. The van der Waals surface area contributed by atoms with E-state index in [0.717, 1.165) is 56.8 Å². The monoisotopic (exact) mass is 972 g/mol. The molecule has 4 aliphatic carbocycles. The number of allylic oxidation sites excluding steroid dienone is 4. The molecule has 12 rings (SSSR count). The van der Waals surface area contributed by atoms with Crippen molar-refractivity contribution >= 4 is 11.6 Å². The predicted molar refractivity (Wildman–Crippen MR) is 274 cm³/mol. The van der Waals surface area contributed by atoms with E-state index in [0.29, 0.717) is 65.7 Å².